The number of amides is 2. The minimum Gasteiger partial charge on any atom is -0.493 e. The van der Waals surface area contributed by atoms with E-state index in [0.29, 0.717) is 87.7 Å². The van der Waals surface area contributed by atoms with Crippen molar-refractivity contribution in [3.8, 4) is 23.0 Å². The van der Waals surface area contributed by atoms with E-state index < -0.39 is 9.84 Å². The predicted molar refractivity (Wildman–Crippen MR) is 231 cm³/mol. The number of carbonyl (C=O) groups is 2. The summed E-state index contributed by atoms with van der Waals surface area (Å²) in [4.78, 5) is 45.9. The number of nitrogens with zero attached hydrogens (tertiary/aromatic N) is 5. The van der Waals surface area contributed by atoms with Gasteiger partial charge in [-0.2, -0.15) is 0 Å². The van der Waals surface area contributed by atoms with Gasteiger partial charge in [-0.1, -0.05) is 55.5 Å². The molecule has 4 aliphatic rings. The normalized spacial score (nSPS) is 17.8. The van der Waals surface area contributed by atoms with Gasteiger partial charge in [-0.25, -0.2) is 8.42 Å². The Balaban J connectivity index is 0.873. The molecule has 9 rings (SSSR count). The molecule has 61 heavy (non-hydrogen) atoms. The lowest BCUT2D eigenvalue weighted by Gasteiger charge is -2.34. The van der Waals surface area contributed by atoms with E-state index in [4.69, 9.17) is 33.9 Å². The summed E-state index contributed by atoms with van der Waals surface area (Å²) in [6, 6.07) is 27.0. The highest BCUT2D eigenvalue weighted by Crippen LogP contribution is 2.41. The second-order valence-electron chi connectivity index (χ2n) is 15.2. The Hall–Kier alpha value is -6.80. The van der Waals surface area contributed by atoms with Gasteiger partial charge in [0.05, 0.1) is 70.8 Å². The third-order valence-electron chi connectivity index (χ3n) is 11.5. The summed E-state index contributed by atoms with van der Waals surface area (Å²) in [5, 5.41) is 0. The lowest BCUT2D eigenvalue weighted by atomic mass is 9.94. The molecule has 5 aromatic rings. The molecule has 0 aliphatic carbocycles. The van der Waals surface area contributed by atoms with Crippen LogP contribution < -0.4 is 18.9 Å². The van der Waals surface area contributed by atoms with Gasteiger partial charge in [0.2, 0.25) is 0 Å². The van der Waals surface area contributed by atoms with Crippen molar-refractivity contribution in [3.05, 3.63) is 136 Å². The maximum Gasteiger partial charge on any atom is 0.257 e. The number of sulfone groups is 1. The summed E-state index contributed by atoms with van der Waals surface area (Å²) >= 11 is 0. The molecule has 4 aliphatic heterocycles. The number of pyridine rings is 1. The summed E-state index contributed by atoms with van der Waals surface area (Å²) in [6.07, 6.45) is 6.85. The molecule has 1 aromatic heterocycles. The number of rotatable bonds is 11. The molecule has 0 unspecified atom stereocenters. The van der Waals surface area contributed by atoms with E-state index >= 15 is 0 Å². The molecular weight excluding hydrogens is 795 g/mol. The second kappa shape index (κ2) is 16.3. The van der Waals surface area contributed by atoms with E-state index in [2.05, 4.69) is 12.1 Å². The topological polar surface area (TPSA) is 149 Å². The fourth-order valence-corrected chi connectivity index (χ4v) is 9.03. The van der Waals surface area contributed by atoms with E-state index in [1.807, 2.05) is 59.7 Å². The van der Waals surface area contributed by atoms with Crippen molar-refractivity contribution in [1.29, 1.82) is 0 Å². The summed E-state index contributed by atoms with van der Waals surface area (Å²) in [6.45, 7) is 2.72. The quantitative estimate of drug-likeness (QED) is 0.133. The van der Waals surface area contributed by atoms with E-state index in [9.17, 15) is 18.0 Å². The number of methoxy groups -OCH3 is 2. The smallest absolute Gasteiger partial charge is 0.257 e. The standard InChI is InChI=1S/C47H43N5O8S/c1-4-61(55,56)37-14-12-29(13-15-37)31-16-17-51-35(19-31)24-48-40-22-44(42(57-2)20-38(40)46(51)53)59-27-33-10-7-11-34(50-33)28-60-45-23-41-39(21-43(45)58-3)47(54)52-26-32-9-6-5-8-30(32)18-36(52)25-49-41/h5-16,20-25,35-36H,4,17-19,26-28H2,1-3H3/t35-,36-/m0/s1. The lowest BCUT2D eigenvalue weighted by molar-refractivity contribution is 0.0702. The van der Waals surface area contributed by atoms with Gasteiger partial charge in [0.15, 0.2) is 32.8 Å². The van der Waals surface area contributed by atoms with Crippen LogP contribution in [0.15, 0.2) is 112 Å². The number of aliphatic imine (C=N–C) groups is 2. The molecule has 0 spiro atoms. The summed E-state index contributed by atoms with van der Waals surface area (Å²) < 4.78 is 48.5. The van der Waals surface area contributed by atoms with Crippen LogP contribution in [0.25, 0.3) is 5.57 Å². The van der Waals surface area contributed by atoms with Crippen LogP contribution in [-0.4, -0.2) is 86.0 Å². The second-order valence-corrected chi connectivity index (χ2v) is 17.4. The molecule has 0 saturated heterocycles. The van der Waals surface area contributed by atoms with E-state index in [1.54, 1.807) is 54.4 Å². The Labute approximate surface area is 353 Å². The number of aromatic nitrogens is 1. The van der Waals surface area contributed by atoms with Crippen LogP contribution in [0.4, 0.5) is 11.4 Å². The third-order valence-corrected chi connectivity index (χ3v) is 13.3. The van der Waals surface area contributed by atoms with Gasteiger partial charge >= 0.3 is 0 Å². The zero-order chi connectivity index (χ0) is 42.3. The highest BCUT2D eigenvalue weighted by Gasteiger charge is 2.34. The summed E-state index contributed by atoms with van der Waals surface area (Å²) in [5.41, 5.74) is 7.38. The van der Waals surface area contributed by atoms with E-state index in [1.165, 1.54) is 19.8 Å². The Morgan fingerprint density at radius 2 is 1.25 bits per heavy atom. The number of hydrogen-bond donors (Lipinski definition) is 0. The van der Waals surface area contributed by atoms with Crippen LogP contribution in [0.2, 0.25) is 0 Å². The van der Waals surface area contributed by atoms with E-state index in [-0.39, 0.29) is 42.9 Å². The first-order valence-corrected chi connectivity index (χ1v) is 21.7. The Morgan fingerprint density at radius 1 is 0.672 bits per heavy atom. The Bertz CT molecular complexity index is 2770. The van der Waals surface area contributed by atoms with Gasteiger partial charge in [0.1, 0.15) is 13.2 Å². The molecule has 0 radical (unpaired) electrons. The zero-order valence-corrected chi connectivity index (χ0v) is 34.7. The average molecular weight is 838 g/mol. The van der Waals surface area contributed by atoms with Crippen LogP contribution in [0.3, 0.4) is 0 Å². The SMILES string of the molecule is CCS(=O)(=O)c1ccc(C2=CCN3C(=O)c4cc(OC)c(OCc5cccc(COc6cc7c(cc6OC)C(=O)N6Cc8ccccc8C[C@H]6C=N7)n5)cc4N=C[C@@H]3C2)cc1. The highest BCUT2D eigenvalue weighted by molar-refractivity contribution is 7.91. The number of benzene rings is 4. The number of hydrogen-bond acceptors (Lipinski definition) is 11. The van der Waals surface area contributed by atoms with E-state index in [0.717, 1.165) is 16.7 Å². The molecule has 5 heterocycles. The average Bonchev–Trinajstić information content (AvgIpc) is 3.51. The first-order chi connectivity index (χ1) is 29.6. The minimum atomic E-state index is -3.30. The van der Waals surface area contributed by atoms with Gasteiger partial charge in [-0.15, -0.1) is 0 Å². The third kappa shape index (κ3) is 7.74. The molecule has 2 amide bonds. The molecule has 310 valence electrons. The molecule has 0 saturated carbocycles. The maximum atomic E-state index is 13.9. The van der Waals surface area contributed by atoms with Gasteiger partial charge in [-0.05, 0) is 71.5 Å². The lowest BCUT2D eigenvalue weighted by Crippen LogP contribution is -2.44. The first-order valence-electron chi connectivity index (χ1n) is 20.1. The molecule has 0 bridgehead atoms. The largest absolute Gasteiger partial charge is 0.493 e. The summed E-state index contributed by atoms with van der Waals surface area (Å²) in [5.74, 6) is 1.39. The van der Waals surface area contributed by atoms with Crippen molar-refractivity contribution in [2.24, 2.45) is 9.98 Å². The van der Waals surface area contributed by atoms with Crippen molar-refractivity contribution < 1.29 is 37.0 Å². The van der Waals surface area contributed by atoms with Gasteiger partial charge in [-0.3, -0.25) is 24.6 Å². The number of fused-ring (bicyclic) bond motifs is 5. The van der Waals surface area contributed by atoms with Gasteiger partial charge < -0.3 is 28.7 Å². The molecule has 14 heteroatoms. The minimum absolute atomic E-state index is 0.0366. The van der Waals surface area contributed by atoms with Crippen LogP contribution >= 0.6 is 0 Å². The van der Waals surface area contributed by atoms with Crippen molar-refractivity contribution in [1.82, 2.24) is 14.8 Å². The van der Waals surface area contributed by atoms with Crippen LogP contribution in [-0.2, 0) is 36.0 Å². The number of ether oxygens (including phenoxy) is 4. The van der Waals surface area contributed by atoms with Gasteiger partial charge in [0.25, 0.3) is 11.8 Å². The Kier molecular flexibility index (Phi) is 10.6. The molecule has 0 N–H and O–H groups in total. The Morgan fingerprint density at radius 3 is 1.84 bits per heavy atom. The maximum absolute atomic E-state index is 13.9. The van der Waals surface area contributed by atoms with Crippen molar-refractivity contribution in [3.63, 3.8) is 0 Å². The van der Waals surface area contributed by atoms with Gasteiger partial charge in [0, 0.05) is 37.7 Å². The fraction of sp³-hybridized carbons (Fsp3) is 0.255. The monoisotopic (exact) mass is 837 g/mol. The fourth-order valence-electron chi connectivity index (χ4n) is 8.15. The van der Waals surface area contributed by atoms with Crippen LogP contribution in [0.5, 0.6) is 23.0 Å². The molecule has 4 aromatic carbocycles. The zero-order valence-electron chi connectivity index (χ0n) is 33.9. The van der Waals surface area contributed by atoms with Crippen LogP contribution in [0, 0.1) is 0 Å². The number of carbonyl (C=O) groups excluding carboxylic acids is 2. The summed E-state index contributed by atoms with van der Waals surface area (Å²) in [7, 11) is -0.244. The van der Waals surface area contributed by atoms with Crippen molar-refractivity contribution in [2.45, 2.75) is 56.5 Å². The first kappa shape index (κ1) is 39.6. The van der Waals surface area contributed by atoms with Crippen LogP contribution in [0.1, 0.15) is 62.1 Å². The molecule has 2 atom stereocenters. The molecule has 13 nitrogen and oxygen atoms in total. The van der Waals surface area contributed by atoms with Crippen molar-refractivity contribution >= 4 is 51.0 Å². The highest BCUT2D eigenvalue weighted by atomic mass is 32.2. The molecule has 0 fully saturated rings. The van der Waals surface area contributed by atoms with Crippen molar-refractivity contribution in [2.75, 3.05) is 26.5 Å². The molecular formula is C47H43N5O8S. The predicted octanol–water partition coefficient (Wildman–Crippen LogP) is 7.35.